The van der Waals surface area contributed by atoms with Gasteiger partial charge in [-0.05, 0) is 13.0 Å². The molecule has 0 saturated heterocycles. The molecule has 0 fully saturated rings. The monoisotopic (exact) mass is 302 g/mol. The minimum Gasteiger partial charge on any atom is -0.480 e. The van der Waals surface area contributed by atoms with Gasteiger partial charge in [-0.3, -0.25) is 14.9 Å². The molecule has 0 spiro atoms. The highest BCUT2D eigenvalue weighted by Crippen LogP contribution is 2.22. The quantitative estimate of drug-likeness (QED) is 0.545. The van der Waals surface area contributed by atoms with Crippen LogP contribution in [0.15, 0.2) is 18.2 Å². The first-order valence-electron chi connectivity index (χ1n) is 5.39. The molecule has 20 heavy (non-hydrogen) atoms. The van der Waals surface area contributed by atoms with Crippen LogP contribution in [0.4, 0.5) is 5.69 Å². The number of carbonyl (C=O) groups is 2. The molecule has 0 aliphatic rings. The number of non-ortho nitro benzene ring substituents is 1. The molecule has 8 nitrogen and oxygen atoms in total. The van der Waals surface area contributed by atoms with E-state index in [1.807, 2.05) is 0 Å². The van der Waals surface area contributed by atoms with Crippen LogP contribution in [0.5, 0.6) is 0 Å². The summed E-state index contributed by atoms with van der Waals surface area (Å²) in [6.07, 6.45) is -1.31. The molecule has 0 aromatic heterocycles. The fourth-order valence-corrected chi connectivity index (χ4v) is 1.67. The van der Waals surface area contributed by atoms with Gasteiger partial charge in [-0.15, -0.1) is 0 Å². The number of nitro benzene ring substituents is 1. The number of carbonyl (C=O) groups excluding carboxylic acids is 1. The van der Waals surface area contributed by atoms with Gasteiger partial charge in [0.05, 0.1) is 21.6 Å². The largest absolute Gasteiger partial charge is 0.480 e. The van der Waals surface area contributed by atoms with E-state index in [1.54, 1.807) is 0 Å². The van der Waals surface area contributed by atoms with Gasteiger partial charge in [0.1, 0.15) is 0 Å². The summed E-state index contributed by atoms with van der Waals surface area (Å²) in [5.74, 6) is -2.26. The maximum absolute atomic E-state index is 11.8. The Labute approximate surface area is 118 Å². The summed E-state index contributed by atoms with van der Waals surface area (Å²) in [5, 5.41) is 30.5. The maximum Gasteiger partial charge on any atom is 0.328 e. The highest BCUT2D eigenvalue weighted by atomic mass is 35.5. The summed E-state index contributed by atoms with van der Waals surface area (Å²) in [4.78, 5) is 32.5. The third-order valence-electron chi connectivity index (χ3n) is 2.44. The van der Waals surface area contributed by atoms with Crippen LogP contribution in [0.25, 0.3) is 0 Å². The summed E-state index contributed by atoms with van der Waals surface area (Å²) in [7, 11) is 0. The average Bonchev–Trinajstić information content (AvgIpc) is 2.34. The number of nitrogens with one attached hydrogen (secondary N) is 1. The Balaban J connectivity index is 2.98. The third-order valence-corrected chi connectivity index (χ3v) is 2.76. The van der Waals surface area contributed by atoms with Crippen LogP contribution < -0.4 is 5.32 Å². The van der Waals surface area contributed by atoms with Gasteiger partial charge in [0.15, 0.2) is 6.04 Å². The van der Waals surface area contributed by atoms with Crippen molar-refractivity contribution >= 4 is 29.2 Å². The molecule has 0 aliphatic heterocycles. The lowest BCUT2D eigenvalue weighted by Crippen LogP contribution is -2.47. The number of rotatable bonds is 5. The van der Waals surface area contributed by atoms with Gasteiger partial charge in [-0.25, -0.2) is 4.79 Å². The van der Waals surface area contributed by atoms with E-state index in [1.165, 1.54) is 6.92 Å². The second-order valence-corrected chi connectivity index (χ2v) is 4.36. The minimum atomic E-state index is -1.51. The van der Waals surface area contributed by atoms with Crippen LogP contribution >= 0.6 is 11.6 Å². The van der Waals surface area contributed by atoms with Gasteiger partial charge < -0.3 is 15.5 Å². The summed E-state index contributed by atoms with van der Waals surface area (Å²) in [6, 6.07) is 1.65. The molecular formula is C11H11ClN2O6. The fraction of sp³-hybridized carbons (Fsp3) is 0.273. The van der Waals surface area contributed by atoms with Crippen LogP contribution in [0.2, 0.25) is 5.02 Å². The Bertz CT molecular complexity index is 560. The lowest BCUT2D eigenvalue weighted by atomic mass is 10.1. The van der Waals surface area contributed by atoms with Gasteiger partial charge in [0.2, 0.25) is 0 Å². The SMILES string of the molecule is CC(O)C(NC(=O)c1ccc([N+](=O)[O-])cc1Cl)C(=O)O. The van der Waals surface area contributed by atoms with E-state index < -0.39 is 28.9 Å². The lowest BCUT2D eigenvalue weighted by molar-refractivity contribution is -0.384. The number of amides is 1. The van der Waals surface area contributed by atoms with Crippen LogP contribution in [-0.4, -0.2) is 39.2 Å². The van der Waals surface area contributed by atoms with E-state index in [0.29, 0.717) is 0 Å². The molecule has 0 aliphatic carbocycles. The molecule has 3 N–H and O–H groups in total. The van der Waals surface area contributed by atoms with Crippen molar-refractivity contribution < 1.29 is 24.7 Å². The second kappa shape index (κ2) is 6.31. The first-order valence-corrected chi connectivity index (χ1v) is 5.77. The van der Waals surface area contributed by atoms with Crippen LogP contribution in [-0.2, 0) is 4.79 Å². The highest BCUT2D eigenvalue weighted by Gasteiger charge is 2.26. The molecule has 0 heterocycles. The number of aliphatic carboxylic acids is 1. The molecule has 2 unspecified atom stereocenters. The molecule has 1 aromatic carbocycles. The number of hydrogen-bond acceptors (Lipinski definition) is 5. The van der Waals surface area contributed by atoms with Crippen molar-refractivity contribution in [2.45, 2.75) is 19.1 Å². The first kappa shape index (κ1) is 15.9. The zero-order valence-corrected chi connectivity index (χ0v) is 11.0. The summed E-state index contributed by atoms with van der Waals surface area (Å²) in [5.41, 5.74) is -0.416. The Hall–Kier alpha value is -2.19. The number of nitrogens with zero attached hydrogens (tertiary/aromatic N) is 1. The van der Waals surface area contributed by atoms with Gasteiger partial charge in [-0.1, -0.05) is 11.6 Å². The molecule has 0 bridgehead atoms. The number of carboxylic acid groups (broad SMARTS) is 1. The Morgan fingerprint density at radius 1 is 1.45 bits per heavy atom. The van der Waals surface area contributed by atoms with Crippen LogP contribution in [0.1, 0.15) is 17.3 Å². The Morgan fingerprint density at radius 2 is 2.05 bits per heavy atom. The minimum absolute atomic E-state index is 0.121. The number of hydrogen-bond donors (Lipinski definition) is 3. The van der Waals surface area contributed by atoms with Gasteiger partial charge in [-0.2, -0.15) is 0 Å². The topological polar surface area (TPSA) is 130 Å². The Morgan fingerprint density at radius 3 is 2.45 bits per heavy atom. The van der Waals surface area contributed by atoms with E-state index in [4.69, 9.17) is 16.7 Å². The number of aliphatic hydroxyl groups excluding tert-OH is 1. The zero-order chi connectivity index (χ0) is 15.4. The first-order chi connectivity index (χ1) is 9.23. The Kier molecular flexibility index (Phi) is 5.00. The number of halogens is 1. The second-order valence-electron chi connectivity index (χ2n) is 3.95. The number of carboxylic acids is 1. The van der Waals surface area contributed by atoms with Crippen molar-refractivity contribution in [2.24, 2.45) is 0 Å². The molecule has 0 saturated carbocycles. The van der Waals surface area contributed by atoms with Gasteiger partial charge in [0, 0.05) is 12.1 Å². The van der Waals surface area contributed by atoms with Crippen molar-refractivity contribution in [3.05, 3.63) is 38.9 Å². The summed E-state index contributed by atoms with van der Waals surface area (Å²) < 4.78 is 0. The van der Waals surface area contributed by atoms with Crippen molar-refractivity contribution in [1.29, 1.82) is 0 Å². The third kappa shape index (κ3) is 3.65. The number of nitro groups is 1. The van der Waals surface area contributed by atoms with Gasteiger partial charge in [0.25, 0.3) is 11.6 Å². The smallest absolute Gasteiger partial charge is 0.328 e. The average molecular weight is 303 g/mol. The van der Waals surface area contributed by atoms with Crippen molar-refractivity contribution in [3.8, 4) is 0 Å². The lowest BCUT2D eigenvalue weighted by Gasteiger charge is -2.17. The summed E-state index contributed by atoms with van der Waals surface area (Å²) in [6.45, 7) is 1.20. The standard InChI is InChI=1S/C11H11ClN2O6/c1-5(15)9(11(17)18)13-10(16)7-3-2-6(14(19)20)4-8(7)12/h2-5,9,15H,1H3,(H,13,16)(H,17,18). The molecule has 1 rings (SSSR count). The van der Waals surface area contributed by atoms with Crippen molar-refractivity contribution in [3.63, 3.8) is 0 Å². The van der Waals surface area contributed by atoms with Crippen LogP contribution in [0.3, 0.4) is 0 Å². The molecule has 0 radical (unpaired) electrons. The van der Waals surface area contributed by atoms with Crippen LogP contribution in [0, 0.1) is 10.1 Å². The number of aliphatic hydroxyl groups is 1. The molecule has 1 aromatic rings. The van der Waals surface area contributed by atoms with Gasteiger partial charge >= 0.3 is 5.97 Å². The highest BCUT2D eigenvalue weighted by molar-refractivity contribution is 6.34. The van der Waals surface area contributed by atoms with Crippen molar-refractivity contribution in [2.75, 3.05) is 0 Å². The number of benzene rings is 1. The molecule has 2 atom stereocenters. The predicted octanol–water partition coefficient (Wildman–Crippen LogP) is 0.812. The van der Waals surface area contributed by atoms with E-state index in [9.17, 15) is 24.8 Å². The van der Waals surface area contributed by atoms with Crippen molar-refractivity contribution in [1.82, 2.24) is 5.32 Å². The predicted molar refractivity (Wildman–Crippen MR) is 68.7 cm³/mol. The summed E-state index contributed by atoms with van der Waals surface area (Å²) >= 11 is 5.74. The van der Waals surface area contributed by atoms with E-state index in [-0.39, 0.29) is 16.3 Å². The maximum atomic E-state index is 11.8. The van der Waals surface area contributed by atoms with E-state index >= 15 is 0 Å². The molecular weight excluding hydrogens is 292 g/mol. The molecule has 1 amide bonds. The zero-order valence-electron chi connectivity index (χ0n) is 10.2. The molecule has 9 heteroatoms. The normalized spacial score (nSPS) is 13.3. The van der Waals surface area contributed by atoms with E-state index in [2.05, 4.69) is 5.32 Å². The molecule has 108 valence electrons. The fourth-order valence-electron chi connectivity index (χ4n) is 1.41. The van der Waals surface area contributed by atoms with E-state index in [0.717, 1.165) is 18.2 Å².